The van der Waals surface area contributed by atoms with Gasteiger partial charge in [0.2, 0.25) is 0 Å². The van der Waals surface area contributed by atoms with Crippen LogP contribution in [0.1, 0.15) is 29.8 Å². The Morgan fingerprint density at radius 3 is 2.45 bits per heavy atom. The van der Waals surface area contributed by atoms with Crippen molar-refractivity contribution in [2.24, 2.45) is 0 Å². The van der Waals surface area contributed by atoms with Crippen LogP contribution in [0.15, 0.2) is 48.5 Å². The van der Waals surface area contributed by atoms with Crippen LogP contribution in [0.3, 0.4) is 0 Å². The van der Waals surface area contributed by atoms with Gasteiger partial charge in [0.1, 0.15) is 11.5 Å². The molecule has 0 aliphatic rings. The Bertz CT molecular complexity index is 590. The van der Waals surface area contributed by atoms with Crippen LogP contribution < -0.4 is 9.47 Å². The molecular formula is C17H18O3. The lowest BCUT2D eigenvalue weighted by Gasteiger charge is -2.10. The Morgan fingerprint density at radius 2 is 1.70 bits per heavy atom. The summed E-state index contributed by atoms with van der Waals surface area (Å²) in [5.41, 5.74) is 1.17. The number of ketones is 1. The highest BCUT2D eigenvalue weighted by molar-refractivity contribution is 6.10. The minimum absolute atomic E-state index is 0.0596. The monoisotopic (exact) mass is 270 g/mol. The lowest BCUT2D eigenvalue weighted by molar-refractivity contribution is 0.103. The summed E-state index contributed by atoms with van der Waals surface area (Å²) in [6.07, 6.45) is 0. The van der Waals surface area contributed by atoms with Crippen LogP contribution in [0, 0.1) is 0 Å². The molecule has 0 radical (unpaired) electrons. The predicted octanol–water partition coefficient (Wildman–Crippen LogP) is 3.72. The predicted molar refractivity (Wildman–Crippen MR) is 78.7 cm³/mol. The second-order valence-corrected chi connectivity index (χ2v) is 4.22. The Labute approximate surface area is 119 Å². The number of hydrogen-bond acceptors (Lipinski definition) is 3. The number of carbonyl (C=O) groups is 1. The SMILES string of the molecule is CCOc1cccc(C(=O)c2ccccc2OCC)c1. The molecule has 0 spiro atoms. The van der Waals surface area contributed by atoms with E-state index in [1.807, 2.05) is 44.2 Å². The molecular weight excluding hydrogens is 252 g/mol. The highest BCUT2D eigenvalue weighted by Gasteiger charge is 2.14. The lowest BCUT2D eigenvalue weighted by atomic mass is 10.0. The maximum absolute atomic E-state index is 12.6. The van der Waals surface area contributed by atoms with Gasteiger partial charge in [-0.25, -0.2) is 0 Å². The van der Waals surface area contributed by atoms with Crippen LogP contribution in [0.5, 0.6) is 11.5 Å². The van der Waals surface area contributed by atoms with Crippen molar-refractivity contribution in [3.05, 3.63) is 59.7 Å². The maximum Gasteiger partial charge on any atom is 0.196 e. The fourth-order valence-corrected chi connectivity index (χ4v) is 1.98. The Balaban J connectivity index is 2.33. The molecule has 0 unspecified atom stereocenters. The minimum Gasteiger partial charge on any atom is -0.494 e. The van der Waals surface area contributed by atoms with Crippen LogP contribution in [0.4, 0.5) is 0 Å². The number of ether oxygens (including phenoxy) is 2. The third kappa shape index (κ3) is 3.18. The van der Waals surface area contributed by atoms with Crippen molar-refractivity contribution in [2.45, 2.75) is 13.8 Å². The van der Waals surface area contributed by atoms with Crippen molar-refractivity contribution in [1.29, 1.82) is 0 Å². The van der Waals surface area contributed by atoms with Gasteiger partial charge in [0, 0.05) is 5.56 Å². The van der Waals surface area contributed by atoms with Gasteiger partial charge in [-0.2, -0.15) is 0 Å². The molecule has 2 aromatic rings. The van der Waals surface area contributed by atoms with Crippen LogP contribution in [-0.2, 0) is 0 Å². The number of carbonyl (C=O) groups excluding carboxylic acids is 1. The zero-order valence-corrected chi connectivity index (χ0v) is 11.8. The normalized spacial score (nSPS) is 10.1. The second-order valence-electron chi connectivity index (χ2n) is 4.22. The molecule has 0 heterocycles. The second kappa shape index (κ2) is 6.75. The van der Waals surface area contributed by atoms with E-state index < -0.39 is 0 Å². The quantitative estimate of drug-likeness (QED) is 0.750. The average Bonchev–Trinajstić information content (AvgIpc) is 2.48. The van der Waals surface area contributed by atoms with Gasteiger partial charge in [-0.3, -0.25) is 4.79 Å². The fraction of sp³-hybridized carbons (Fsp3) is 0.235. The van der Waals surface area contributed by atoms with Gasteiger partial charge in [-0.05, 0) is 38.1 Å². The van der Waals surface area contributed by atoms with Crippen molar-refractivity contribution in [2.75, 3.05) is 13.2 Å². The van der Waals surface area contributed by atoms with Crippen LogP contribution in [0.25, 0.3) is 0 Å². The molecule has 0 atom stereocenters. The molecule has 104 valence electrons. The third-order valence-corrected chi connectivity index (χ3v) is 2.84. The first-order valence-electron chi connectivity index (χ1n) is 6.75. The molecule has 0 bridgehead atoms. The molecule has 3 nitrogen and oxygen atoms in total. The largest absolute Gasteiger partial charge is 0.494 e. The summed E-state index contributed by atoms with van der Waals surface area (Å²) in [6.45, 7) is 4.92. The molecule has 0 saturated carbocycles. The van der Waals surface area contributed by atoms with E-state index in [9.17, 15) is 4.79 Å². The topological polar surface area (TPSA) is 35.5 Å². The molecule has 2 rings (SSSR count). The highest BCUT2D eigenvalue weighted by Crippen LogP contribution is 2.23. The number of benzene rings is 2. The summed E-state index contributed by atoms with van der Waals surface area (Å²) in [6, 6.07) is 14.5. The molecule has 0 fully saturated rings. The molecule has 20 heavy (non-hydrogen) atoms. The van der Waals surface area contributed by atoms with E-state index in [0.29, 0.717) is 35.8 Å². The van der Waals surface area contributed by atoms with Crippen molar-refractivity contribution in [3.8, 4) is 11.5 Å². The van der Waals surface area contributed by atoms with E-state index in [0.717, 1.165) is 0 Å². The molecule has 2 aromatic carbocycles. The zero-order valence-electron chi connectivity index (χ0n) is 11.8. The number of para-hydroxylation sites is 1. The highest BCUT2D eigenvalue weighted by atomic mass is 16.5. The van der Waals surface area contributed by atoms with Crippen molar-refractivity contribution in [1.82, 2.24) is 0 Å². The van der Waals surface area contributed by atoms with E-state index in [4.69, 9.17) is 9.47 Å². The van der Waals surface area contributed by atoms with Gasteiger partial charge in [0.05, 0.1) is 18.8 Å². The number of rotatable bonds is 6. The van der Waals surface area contributed by atoms with Crippen LogP contribution in [0.2, 0.25) is 0 Å². The Hall–Kier alpha value is -2.29. The van der Waals surface area contributed by atoms with Crippen molar-refractivity contribution >= 4 is 5.78 Å². The molecule has 0 aliphatic heterocycles. The van der Waals surface area contributed by atoms with E-state index in [2.05, 4.69) is 0 Å². The Kier molecular flexibility index (Phi) is 4.77. The molecule has 0 amide bonds. The minimum atomic E-state index is -0.0596. The molecule has 0 aliphatic carbocycles. The van der Waals surface area contributed by atoms with Gasteiger partial charge < -0.3 is 9.47 Å². The van der Waals surface area contributed by atoms with Gasteiger partial charge >= 0.3 is 0 Å². The summed E-state index contributed by atoms with van der Waals surface area (Å²) >= 11 is 0. The van der Waals surface area contributed by atoms with E-state index in [1.54, 1.807) is 18.2 Å². The smallest absolute Gasteiger partial charge is 0.196 e. The maximum atomic E-state index is 12.6. The van der Waals surface area contributed by atoms with Crippen molar-refractivity contribution in [3.63, 3.8) is 0 Å². The third-order valence-electron chi connectivity index (χ3n) is 2.84. The average molecular weight is 270 g/mol. The summed E-state index contributed by atoms with van der Waals surface area (Å²) < 4.78 is 10.9. The lowest BCUT2D eigenvalue weighted by Crippen LogP contribution is -2.05. The zero-order chi connectivity index (χ0) is 14.4. The van der Waals surface area contributed by atoms with Gasteiger partial charge in [0.25, 0.3) is 0 Å². The van der Waals surface area contributed by atoms with Crippen LogP contribution in [-0.4, -0.2) is 19.0 Å². The molecule has 3 heteroatoms. The molecule has 0 saturated heterocycles. The molecule has 0 N–H and O–H groups in total. The van der Waals surface area contributed by atoms with Crippen LogP contribution >= 0.6 is 0 Å². The van der Waals surface area contributed by atoms with E-state index in [1.165, 1.54) is 0 Å². The fourth-order valence-electron chi connectivity index (χ4n) is 1.98. The standard InChI is InChI=1S/C17H18O3/c1-3-19-14-9-7-8-13(12-14)17(18)15-10-5-6-11-16(15)20-4-2/h5-12H,3-4H2,1-2H3. The van der Waals surface area contributed by atoms with Gasteiger partial charge in [-0.15, -0.1) is 0 Å². The summed E-state index contributed by atoms with van der Waals surface area (Å²) in [4.78, 5) is 12.6. The summed E-state index contributed by atoms with van der Waals surface area (Å²) in [7, 11) is 0. The first-order valence-corrected chi connectivity index (χ1v) is 6.75. The molecule has 0 aromatic heterocycles. The van der Waals surface area contributed by atoms with E-state index in [-0.39, 0.29) is 5.78 Å². The first-order chi connectivity index (χ1) is 9.76. The van der Waals surface area contributed by atoms with Crippen molar-refractivity contribution < 1.29 is 14.3 Å². The van der Waals surface area contributed by atoms with Gasteiger partial charge in [0.15, 0.2) is 5.78 Å². The number of hydrogen-bond donors (Lipinski definition) is 0. The van der Waals surface area contributed by atoms with E-state index >= 15 is 0 Å². The first kappa shape index (κ1) is 14.1. The summed E-state index contributed by atoms with van der Waals surface area (Å²) in [5.74, 6) is 1.25. The Morgan fingerprint density at radius 1 is 0.950 bits per heavy atom. The summed E-state index contributed by atoms with van der Waals surface area (Å²) in [5, 5.41) is 0. The van der Waals surface area contributed by atoms with Gasteiger partial charge in [-0.1, -0.05) is 24.3 Å².